The maximum absolute atomic E-state index is 6.07. The number of nitrogens with one attached hydrogen (secondary N) is 1. The maximum atomic E-state index is 6.07. The van der Waals surface area contributed by atoms with Crippen molar-refractivity contribution in [3.63, 3.8) is 0 Å². The Morgan fingerprint density at radius 3 is 3.05 bits per heavy atom. The molecular formula is C17H26N2O. The molecule has 1 aromatic heterocycles. The van der Waals surface area contributed by atoms with Gasteiger partial charge in [-0.2, -0.15) is 0 Å². The summed E-state index contributed by atoms with van der Waals surface area (Å²) in [7, 11) is 0. The first-order valence-electron chi connectivity index (χ1n) is 8.07. The Balaban J connectivity index is 1.66. The number of likely N-dealkylation sites (N-methyl/N-ethyl adjacent to an activating group) is 1. The molecule has 1 aliphatic carbocycles. The topological polar surface area (TPSA) is 34.2 Å². The number of rotatable bonds is 5. The Labute approximate surface area is 122 Å². The molecule has 1 aliphatic heterocycles. The smallest absolute Gasteiger partial charge is 0.0685 e. The largest absolute Gasteiger partial charge is 0.375 e. The van der Waals surface area contributed by atoms with Gasteiger partial charge in [0.2, 0.25) is 0 Å². The van der Waals surface area contributed by atoms with Gasteiger partial charge in [0, 0.05) is 25.0 Å². The van der Waals surface area contributed by atoms with Gasteiger partial charge in [0.1, 0.15) is 0 Å². The van der Waals surface area contributed by atoms with E-state index >= 15 is 0 Å². The Kier molecular flexibility index (Phi) is 4.37. The van der Waals surface area contributed by atoms with Crippen molar-refractivity contribution < 1.29 is 4.74 Å². The molecule has 0 amide bonds. The van der Waals surface area contributed by atoms with Crippen LogP contribution in [0.3, 0.4) is 0 Å². The van der Waals surface area contributed by atoms with Crippen molar-refractivity contribution >= 4 is 0 Å². The van der Waals surface area contributed by atoms with E-state index in [1.54, 1.807) is 0 Å². The zero-order valence-electron chi connectivity index (χ0n) is 12.5. The molecular weight excluding hydrogens is 248 g/mol. The molecule has 110 valence electrons. The van der Waals surface area contributed by atoms with Gasteiger partial charge in [-0.3, -0.25) is 4.98 Å². The second kappa shape index (κ2) is 6.23. The van der Waals surface area contributed by atoms with Gasteiger partial charge in [-0.05, 0) is 62.6 Å². The van der Waals surface area contributed by atoms with Crippen LogP contribution in [0, 0.1) is 5.92 Å². The highest BCUT2D eigenvalue weighted by Crippen LogP contribution is 2.45. The molecule has 0 aromatic carbocycles. The second-order valence-electron chi connectivity index (χ2n) is 6.37. The summed E-state index contributed by atoms with van der Waals surface area (Å²) in [4.78, 5) is 4.25. The minimum absolute atomic E-state index is 0.242. The van der Waals surface area contributed by atoms with Gasteiger partial charge in [-0.15, -0.1) is 0 Å². The molecule has 20 heavy (non-hydrogen) atoms. The zero-order chi connectivity index (χ0) is 13.8. The lowest BCUT2D eigenvalue weighted by Crippen LogP contribution is -2.50. The lowest BCUT2D eigenvalue weighted by Gasteiger charge is -2.49. The summed E-state index contributed by atoms with van der Waals surface area (Å²) in [6.07, 6.45) is 11.3. The van der Waals surface area contributed by atoms with E-state index in [9.17, 15) is 0 Å². The van der Waals surface area contributed by atoms with Crippen molar-refractivity contribution in [1.29, 1.82) is 0 Å². The van der Waals surface area contributed by atoms with Crippen LogP contribution in [-0.2, 0) is 11.2 Å². The Hall–Kier alpha value is -0.930. The molecule has 2 fully saturated rings. The molecule has 2 unspecified atom stereocenters. The number of nitrogens with zero attached hydrogens (tertiary/aromatic N) is 1. The first-order valence-corrected chi connectivity index (χ1v) is 8.07. The molecule has 2 heterocycles. The minimum Gasteiger partial charge on any atom is -0.375 e. The van der Waals surface area contributed by atoms with E-state index in [2.05, 4.69) is 23.3 Å². The van der Waals surface area contributed by atoms with Gasteiger partial charge in [0.05, 0.1) is 5.60 Å². The Morgan fingerprint density at radius 2 is 2.40 bits per heavy atom. The van der Waals surface area contributed by atoms with E-state index in [0.717, 1.165) is 25.5 Å². The van der Waals surface area contributed by atoms with Gasteiger partial charge < -0.3 is 10.1 Å². The van der Waals surface area contributed by atoms with Crippen molar-refractivity contribution in [3.8, 4) is 0 Å². The third-order valence-electron chi connectivity index (χ3n) is 5.01. The molecule has 1 saturated carbocycles. The highest BCUT2D eigenvalue weighted by molar-refractivity contribution is 5.11. The lowest BCUT2D eigenvalue weighted by molar-refractivity contribution is -0.147. The summed E-state index contributed by atoms with van der Waals surface area (Å²) in [6, 6.07) is 4.79. The van der Waals surface area contributed by atoms with Crippen molar-refractivity contribution in [2.24, 2.45) is 5.92 Å². The van der Waals surface area contributed by atoms with Crippen LogP contribution in [0.2, 0.25) is 0 Å². The zero-order valence-corrected chi connectivity index (χ0v) is 12.5. The molecule has 1 aromatic rings. The summed E-state index contributed by atoms with van der Waals surface area (Å²) in [5.74, 6) is 0.740. The van der Waals surface area contributed by atoms with E-state index in [4.69, 9.17) is 4.74 Å². The van der Waals surface area contributed by atoms with Gasteiger partial charge in [0.25, 0.3) is 0 Å². The van der Waals surface area contributed by atoms with Gasteiger partial charge in [0.15, 0.2) is 0 Å². The highest BCUT2D eigenvalue weighted by Gasteiger charge is 2.44. The van der Waals surface area contributed by atoms with Crippen LogP contribution in [0.4, 0.5) is 0 Å². The third-order valence-corrected chi connectivity index (χ3v) is 5.01. The Bertz CT molecular complexity index is 416. The van der Waals surface area contributed by atoms with Gasteiger partial charge >= 0.3 is 0 Å². The normalized spacial score (nSPS) is 26.1. The van der Waals surface area contributed by atoms with Crippen molar-refractivity contribution in [2.45, 2.75) is 57.1 Å². The van der Waals surface area contributed by atoms with Crippen molar-refractivity contribution in [2.75, 3.05) is 13.2 Å². The average molecular weight is 274 g/mol. The van der Waals surface area contributed by atoms with E-state index in [1.807, 2.05) is 18.5 Å². The Morgan fingerprint density at radius 1 is 1.50 bits per heavy atom. The maximum Gasteiger partial charge on any atom is 0.0685 e. The average Bonchev–Trinajstić information content (AvgIpc) is 2.46. The standard InChI is InChI=1S/C17H26N2O/c1-2-19-16(11-14-5-3-9-18-13-14)15-6-10-20-17(12-15)7-4-8-17/h3,5,9,13,15-16,19H,2,4,6-8,10-12H2,1H3. The van der Waals surface area contributed by atoms with Crippen molar-refractivity contribution in [3.05, 3.63) is 30.1 Å². The van der Waals surface area contributed by atoms with E-state index in [1.165, 1.54) is 37.7 Å². The lowest BCUT2D eigenvalue weighted by atomic mass is 9.70. The van der Waals surface area contributed by atoms with E-state index in [-0.39, 0.29) is 5.60 Å². The predicted octanol–water partition coefficient (Wildman–Crippen LogP) is 2.95. The van der Waals surface area contributed by atoms with Crippen molar-refractivity contribution in [1.82, 2.24) is 10.3 Å². The molecule has 2 aliphatic rings. The quantitative estimate of drug-likeness (QED) is 0.896. The molecule has 2 atom stereocenters. The monoisotopic (exact) mass is 274 g/mol. The first-order chi connectivity index (χ1) is 9.81. The minimum atomic E-state index is 0.242. The molecule has 3 heteroatoms. The van der Waals surface area contributed by atoms with Crippen LogP contribution < -0.4 is 5.32 Å². The molecule has 1 spiro atoms. The predicted molar refractivity (Wildman–Crippen MR) is 80.7 cm³/mol. The van der Waals surface area contributed by atoms with Crippen LogP contribution in [-0.4, -0.2) is 29.8 Å². The van der Waals surface area contributed by atoms with Crippen LogP contribution in [0.25, 0.3) is 0 Å². The number of hydrogen-bond acceptors (Lipinski definition) is 3. The van der Waals surface area contributed by atoms with Gasteiger partial charge in [-0.25, -0.2) is 0 Å². The fourth-order valence-electron chi connectivity index (χ4n) is 3.77. The number of pyridine rings is 1. The first kappa shape index (κ1) is 14.0. The van der Waals surface area contributed by atoms with Gasteiger partial charge in [-0.1, -0.05) is 13.0 Å². The number of ether oxygens (including phenoxy) is 1. The molecule has 0 radical (unpaired) electrons. The van der Waals surface area contributed by atoms with Crippen LogP contribution in [0.5, 0.6) is 0 Å². The summed E-state index contributed by atoms with van der Waals surface area (Å²) in [5.41, 5.74) is 1.58. The fraction of sp³-hybridized carbons (Fsp3) is 0.706. The SMILES string of the molecule is CCNC(Cc1cccnc1)C1CCOC2(CCC2)C1. The number of aromatic nitrogens is 1. The van der Waals surface area contributed by atoms with E-state index < -0.39 is 0 Å². The van der Waals surface area contributed by atoms with Crippen LogP contribution in [0.1, 0.15) is 44.6 Å². The summed E-state index contributed by atoms with van der Waals surface area (Å²) in [6.45, 7) is 4.18. The highest BCUT2D eigenvalue weighted by atomic mass is 16.5. The van der Waals surface area contributed by atoms with Crippen LogP contribution >= 0.6 is 0 Å². The summed E-state index contributed by atoms with van der Waals surface area (Å²) >= 11 is 0. The van der Waals surface area contributed by atoms with E-state index in [0.29, 0.717) is 6.04 Å². The molecule has 1 saturated heterocycles. The third kappa shape index (κ3) is 3.04. The molecule has 0 bridgehead atoms. The molecule has 1 N–H and O–H groups in total. The second-order valence-corrected chi connectivity index (χ2v) is 6.37. The van der Waals surface area contributed by atoms with Crippen LogP contribution in [0.15, 0.2) is 24.5 Å². The summed E-state index contributed by atoms with van der Waals surface area (Å²) in [5, 5.41) is 3.70. The molecule has 3 nitrogen and oxygen atoms in total. The molecule has 3 rings (SSSR count). The number of hydrogen-bond donors (Lipinski definition) is 1. The summed E-state index contributed by atoms with van der Waals surface area (Å²) < 4.78 is 6.07. The fourth-order valence-corrected chi connectivity index (χ4v) is 3.77.